The van der Waals surface area contributed by atoms with Gasteiger partial charge in [0.05, 0.1) is 25.0 Å². The number of sulfonamides is 1. The molecule has 2 saturated heterocycles. The average molecular weight is 384 g/mol. The Morgan fingerprint density at radius 1 is 1.23 bits per heavy atom. The minimum atomic E-state index is -3.29. The summed E-state index contributed by atoms with van der Waals surface area (Å²) >= 11 is 0. The van der Waals surface area contributed by atoms with Crippen LogP contribution in [0.15, 0.2) is 24.3 Å². The molecular weight excluding hydrogens is 359 g/mol. The molecule has 2 fully saturated rings. The SMILES string of the molecule is CS(=O)(=O)N1CCO[C@@H]2CCN(C(=O)CCc3ccccc3F)CC[C@H]21. The molecule has 2 aliphatic rings. The number of hydrogen-bond donors (Lipinski definition) is 0. The Balaban J connectivity index is 1.61. The number of hydrogen-bond acceptors (Lipinski definition) is 4. The molecule has 144 valence electrons. The van der Waals surface area contributed by atoms with Crippen molar-refractivity contribution in [3.05, 3.63) is 35.6 Å². The molecule has 26 heavy (non-hydrogen) atoms. The van der Waals surface area contributed by atoms with Crippen molar-refractivity contribution in [3.8, 4) is 0 Å². The minimum absolute atomic E-state index is 0.0298. The Labute approximate surface area is 154 Å². The number of amides is 1. The fourth-order valence-electron chi connectivity index (χ4n) is 3.81. The molecule has 8 heteroatoms. The predicted molar refractivity (Wildman–Crippen MR) is 95.6 cm³/mol. The molecule has 0 spiro atoms. The number of halogens is 1. The van der Waals surface area contributed by atoms with E-state index in [1.807, 2.05) is 0 Å². The van der Waals surface area contributed by atoms with Gasteiger partial charge in [-0.2, -0.15) is 4.31 Å². The lowest BCUT2D eigenvalue weighted by molar-refractivity contribution is -0.131. The molecule has 0 radical (unpaired) electrons. The van der Waals surface area contributed by atoms with Gasteiger partial charge >= 0.3 is 0 Å². The van der Waals surface area contributed by atoms with Crippen molar-refractivity contribution >= 4 is 15.9 Å². The third-order valence-electron chi connectivity index (χ3n) is 5.17. The lowest BCUT2D eigenvalue weighted by Crippen LogP contribution is -2.53. The van der Waals surface area contributed by atoms with Gasteiger partial charge in [0.25, 0.3) is 0 Å². The van der Waals surface area contributed by atoms with Crippen LogP contribution >= 0.6 is 0 Å². The fraction of sp³-hybridized carbons (Fsp3) is 0.611. The van der Waals surface area contributed by atoms with E-state index in [2.05, 4.69) is 0 Å². The van der Waals surface area contributed by atoms with Crippen LogP contribution in [0.3, 0.4) is 0 Å². The smallest absolute Gasteiger partial charge is 0.222 e. The normalized spacial score (nSPS) is 24.8. The molecule has 0 aliphatic carbocycles. The van der Waals surface area contributed by atoms with Crippen LogP contribution in [-0.4, -0.2) is 68.2 Å². The third-order valence-corrected chi connectivity index (χ3v) is 6.47. The van der Waals surface area contributed by atoms with E-state index in [4.69, 9.17) is 4.74 Å². The molecule has 2 heterocycles. The quantitative estimate of drug-likeness (QED) is 0.787. The van der Waals surface area contributed by atoms with Crippen molar-refractivity contribution in [2.45, 2.75) is 37.8 Å². The molecule has 3 rings (SSSR count). The molecule has 6 nitrogen and oxygen atoms in total. The number of carbonyl (C=O) groups is 1. The van der Waals surface area contributed by atoms with Crippen LogP contribution in [0.5, 0.6) is 0 Å². The van der Waals surface area contributed by atoms with Crippen LogP contribution in [0, 0.1) is 5.82 Å². The molecule has 0 N–H and O–H groups in total. The number of carbonyl (C=O) groups excluding carboxylic acids is 1. The number of morpholine rings is 1. The molecule has 0 bridgehead atoms. The van der Waals surface area contributed by atoms with E-state index in [0.29, 0.717) is 51.1 Å². The minimum Gasteiger partial charge on any atom is -0.375 e. The van der Waals surface area contributed by atoms with Gasteiger partial charge in [-0.05, 0) is 30.9 Å². The Morgan fingerprint density at radius 3 is 2.69 bits per heavy atom. The Kier molecular flexibility index (Phi) is 5.94. The monoisotopic (exact) mass is 384 g/mol. The van der Waals surface area contributed by atoms with Crippen LogP contribution in [0.4, 0.5) is 4.39 Å². The van der Waals surface area contributed by atoms with E-state index in [1.165, 1.54) is 16.6 Å². The van der Waals surface area contributed by atoms with E-state index >= 15 is 0 Å². The number of ether oxygens (including phenoxy) is 1. The summed E-state index contributed by atoms with van der Waals surface area (Å²) in [5, 5.41) is 0. The van der Waals surface area contributed by atoms with Crippen LogP contribution < -0.4 is 0 Å². The van der Waals surface area contributed by atoms with Gasteiger partial charge in [-0.25, -0.2) is 12.8 Å². The summed E-state index contributed by atoms with van der Waals surface area (Å²) in [7, 11) is -3.29. The van der Waals surface area contributed by atoms with E-state index in [1.54, 1.807) is 23.1 Å². The molecule has 1 aromatic carbocycles. The molecule has 1 amide bonds. The highest BCUT2D eigenvalue weighted by Gasteiger charge is 2.39. The lowest BCUT2D eigenvalue weighted by atomic mass is 10.0. The number of fused-ring (bicyclic) bond motifs is 1. The molecule has 0 saturated carbocycles. The number of benzene rings is 1. The topological polar surface area (TPSA) is 66.9 Å². The highest BCUT2D eigenvalue weighted by Crippen LogP contribution is 2.26. The van der Waals surface area contributed by atoms with Crippen LogP contribution in [0.1, 0.15) is 24.8 Å². The fourth-order valence-corrected chi connectivity index (χ4v) is 4.95. The lowest BCUT2D eigenvalue weighted by Gasteiger charge is -2.38. The number of nitrogens with zero attached hydrogens (tertiary/aromatic N) is 2. The largest absolute Gasteiger partial charge is 0.375 e. The van der Waals surface area contributed by atoms with Crippen molar-refractivity contribution < 1.29 is 22.3 Å². The summed E-state index contributed by atoms with van der Waals surface area (Å²) in [5.74, 6) is -0.322. The van der Waals surface area contributed by atoms with Crippen molar-refractivity contribution in [1.29, 1.82) is 0 Å². The summed E-state index contributed by atoms with van der Waals surface area (Å²) in [6.07, 6.45) is 2.82. The Bertz CT molecular complexity index is 755. The maximum absolute atomic E-state index is 13.7. The molecular formula is C18H25FN2O4S. The van der Waals surface area contributed by atoms with Gasteiger partial charge < -0.3 is 9.64 Å². The van der Waals surface area contributed by atoms with Gasteiger partial charge in [-0.1, -0.05) is 18.2 Å². The summed E-state index contributed by atoms with van der Waals surface area (Å²) in [5.41, 5.74) is 0.538. The first-order valence-corrected chi connectivity index (χ1v) is 10.8. The highest BCUT2D eigenvalue weighted by atomic mass is 32.2. The zero-order valence-corrected chi connectivity index (χ0v) is 15.8. The standard InChI is InChI=1S/C18H25FN2O4S/c1-26(23,24)21-12-13-25-17-9-11-20(10-8-16(17)21)18(22)7-6-14-4-2-3-5-15(14)19/h2-5,16-17H,6-13H2,1H3/t16-,17-/m1/s1. The summed E-state index contributed by atoms with van der Waals surface area (Å²) < 4.78 is 45.0. The molecule has 0 aromatic heterocycles. The maximum Gasteiger partial charge on any atom is 0.222 e. The first-order valence-electron chi connectivity index (χ1n) is 8.96. The summed E-state index contributed by atoms with van der Waals surface area (Å²) in [6.45, 7) is 1.78. The van der Waals surface area contributed by atoms with Crippen molar-refractivity contribution in [2.24, 2.45) is 0 Å². The first-order chi connectivity index (χ1) is 12.4. The average Bonchev–Trinajstić information content (AvgIpc) is 2.82. The Morgan fingerprint density at radius 2 is 1.96 bits per heavy atom. The van der Waals surface area contributed by atoms with E-state index < -0.39 is 10.0 Å². The molecule has 2 aliphatic heterocycles. The number of rotatable bonds is 4. The van der Waals surface area contributed by atoms with Gasteiger partial charge in [0, 0.05) is 26.1 Å². The second-order valence-corrected chi connectivity index (χ2v) is 8.83. The number of aryl methyl sites for hydroxylation is 1. The predicted octanol–water partition coefficient (Wildman–Crippen LogP) is 1.41. The zero-order valence-electron chi connectivity index (χ0n) is 14.9. The maximum atomic E-state index is 13.7. The summed E-state index contributed by atoms with van der Waals surface area (Å²) in [6, 6.07) is 6.26. The van der Waals surface area contributed by atoms with Crippen LogP contribution in [-0.2, 0) is 26.0 Å². The number of likely N-dealkylation sites (tertiary alicyclic amines) is 1. The van der Waals surface area contributed by atoms with Gasteiger partial charge in [0.15, 0.2) is 0 Å². The third kappa shape index (κ3) is 4.42. The molecule has 1 aromatic rings. The Hall–Kier alpha value is -1.51. The molecule has 2 atom stereocenters. The van der Waals surface area contributed by atoms with Crippen molar-refractivity contribution in [1.82, 2.24) is 9.21 Å². The van der Waals surface area contributed by atoms with Gasteiger partial charge in [-0.15, -0.1) is 0 Å². The van der Waals surface area contributed by atoms with Gasteiger partial charge in [0.1, 0.15) is 5.82 Å². The van der Waals surface area contributed by atoms with E-state index in [9.17, 15) is 17.6 Å². The van der Waals surface area contributed by atoms with Crippen LogP contribution in [0.25, 0.3) is 0 Å². The van der Waals surface area contributed by atoms with Gasteiger partial charge in [0.2, 0.25) is 15.9 Å². The first kappa shape index (κ1) is 19.3. The highest BCUT2D eigenvalue weighted by molar-refractivity contribution is 7.88. The van der Waals surface area contributed by atoms with E-state index in [-0.39, 0.29) is 30.3 Å². The van der Waals surface area contributed by atoms with Gasteiger partial charge in [-0.3, -0.25) is 4.79 Å². The van der Waals surface area contributed by atoms with Crippen molar-refractivity contribution in [3.63, 3.8) is 0 Å². The zero-order chi connectivity index (χ0) is 18.7. The summed E-state index contributed by atoms with van der Waals surface area (Å²) in [4.78, 5) is 14.3. The second kappa shape index (κ2) is 8.02. The van der Waals surface area contributed by atoms with Crippen LogP contribution in [0.2, 0.25) is 0 Å². The molecule has 0 unspecified atom stereocenters. The van der Waals surface area contributed by atoms with E-state index in [0.717, 1.165) is 0 Å². The second-order valence-electron chi connectivity index (χ2n) is 6.90. The van der Waals surface area contributed by atoms with Crippen molar-refractivity contribution in [2.75, 3.05) is 32.5 Å².